The van der Waals surface area contributed by atoms with E-state index in [0.29, 0.717) is 0 Å². The standard InChI is InChI=1S/C21H21NOS/c1-4-9-22-14(3)20(16-7-5-6-8-17(16)22)21(23)19-12-15-10-13(2)11-18(15)24-19/h5-8,10,12H,4,9,11H2,1-3H3. The maximum absolute atomic E-state index is 13.3. The maximum Gasteiger partial charge on any atom is 0.205 e. The van der Waals surface area contributed by atoms with Crippen molar-refractivity contribution in [2.45, 2.75) is 40.2 Å². The molecule has 0 aliphatic heterocycles. The van der Waals surface area contributed by atoms with Gasteiger partial charge in [-0.2, -0.15) is 0 Å². The molecule has 0 N–H and O–H groups in total. The van der Waals surface area contributed by atoms with Crippen LogP contribution >= 0.6 is 11.3 Å². The van der Waals surface area contributed by atoms with E-state index in [1.165, 1.54) is 21.5 Å². The first-order valence-electron chi connectivity index (χ1n) is 8.52. The number of hydrogen-bond acceptors (Lipinski definition) is 2. The lowest BCUT2D eigenvalue weighted by molar-refractivity contribution is 0.104. The number of para-hydroxylation sites is 1. The molecule has 0 atom stereocenters. The molecule has 2 nitrogen and oxygen atoms in total. The summed E-state index contributed by atoms with van der Waals surface area (Å²) in [6.07, 6.45) is 4.25. The van der Waals surface area contributed by atoms with Crippen molar-refractivity contribution in [1.29, 1.82) is 0 Å². The number of benzene rings is 1. The van der Waals surface area contributed by atoms with E-state index < -0.39 is 0 Å². The van der Waals surface area contributed by atoms with Crippen LogP contribution in [-0.2, 0) is 13.0 Å². The van der Waals surface area contributed by atoms with Gasteiger partial charge < -0.3 is 4.57 Å². The van der Waals surface area contributed by atoms with Crippen LogP contribution in [0.2, 0.25) is 0 Å². The van der Waals surface area contributed by atoms with E-state index in [2.05, 4.69) is 55.7 Å². The van der Waals surface area contributed by atoms with Gasteiger partial charge in [0.25, 0.3) is 0 Å². The Morgan fingerprint density at radius 3 is 2.79 bits per heavy atom. The van der Waals surface area contributed by atoms with Crippen LogP contribution in [0.5, 0.6) is 0 Å². The average molecular weight is 335 g/mol. The van der Waals surface area contributed by atoms with Gasteiger partial charge in [-0.25, -0.2) is 0 Å². The van der Waals surface area contributed by atoms with E-state index in [4.69, 9.17) is 0 Å². The van der Waals surface area contributed by atoms with E-state index >= 15 is 0 Å². The van der Waals surface area contributed by atoms with Crippen molar-refractivity contribution in [2.24, 2.45) is 0 Å². The van der Waals surface area contributed by atoms with Crippen LogP contribution in [0.3, 0.4) is 0 Å². The van der Waals surface area contributed by atoms with Crippen molar-refractivity contribution < 1.29 is 4.79 Å². The summed E-state index contributed by atoms with van der Waals surface area (Å²) in [5.41, 5.74) is 5.74. The highest BCUT2D eigenvalue weighted by atomic mass is 32.1. The van der Waals surface area contributed by atoms with Crippen LogP contribution < -0.4 is 0 Å². The number of hydrogen-bond donors (Lipinski definition) is 0. The SMILES string of the molecule is CCCn1c(C)c(C(=O)c2cc3c(s2)CC(C)=C3)c2ccccc21. The van der Waals surface area contributed by atoms with Crippen molar-refractivity contribution in [1.82, 2.24) is 4.57 Å². The van der Waals surface area contributed by atoms with E-state index in [-0.39, 0.29) is 5.78 Å². The molecule has 122 valence electrons. The fraction of sp³-hybridized carbons (Fsp3) is 0.286. The molecule has 0 unspecified atom stereocenters. The second-order valence-electron chi connectivity index (χ2n) is 6.61. The lowest BCUT2D eigenvalue weighted by atomic mass is 10.1. The molecule has 0 saturated carbocycles. The molecule has 1 aliphatic carbocycles. The molecule has 0 fully saturated rings. The number of ketones is 1. The fourth-order valence-electron chi connectivity index (χ4n) is 3.74. The molecule has 2 aromatic heterocycles. The van der Waals surface area contributed by atoms with Crippen LogP contribution in [-0.4, -0.2) is 10.4 Å². The molecule has 3 heteroatoms. The van der Waals surface area contributed by atoms with Gasteiger partial charge in [0.05, 0.1) is 10.4 Å². The molecule has 0 saturated heterocycles. The summed E-state index contributed by atoms with van der Waals surface area (Å²) >= 11 is 1.66. The third-order valence-corrected chi connectivity index (χ3v) is 5.96. The summed E-state index contributed by atoms with van der Waals surface area (Å²) in [6, 6.07) is 10.3. The highest BCUT2D eigenvalue weighted by Crippen LogP contribution is 2.35. The number of carbonyl (C=O) groups excluding carboxylic acids is 1. The van der Waals surface area contributed by atoms with Gasteiger partial charge in [0.15, 0.2) is 0 Å². The van der Waals surface area contributed by atoms with Gasteiger partial charge in [0.2, 0.25) is 5.78 Å². The molecule has 0 bridgehead atoms. The highest BCUT2D eigenvalue weighted by Gasteiger charge is 2.24. The lowest BCUT2D eigenvalue weighted by Crippen LogP contribution is -2.04. The van der Waals surface area contributed by atoms with E-state index in [0.717, 1.165) is 40.9 Å². The number of thiophene rings is 1. The Kier molecular flexibility index (Phi) is 3.69. The highest BCUT2D eigenvalue weighted by molar-refractivity contribution is 7.14. The molecule has 0 radical (unpaired) electrons. The first-order valence-corrected chi connectivity index (χ1v) is 9.34. The first kappa shape index (κ1) is 15.4. The summed E-state index contributed by atoms with van der Waals surface area (Å²) < 4.78 is 2.29. The average Bonchev–Trinajstić information content (AvgIpc) is 3.18. The summed E-state index contributed by atoms with van der Waals surface area (Å²) in [4.78, 5) is 15.5. The first-order chi connectivity index (χ1) is 11.6. The zero-order valence-electron chi connectivity index (χ0n) is 14.3. The normalized spacial score (nSPS) is 13.4. The van der Waals surface area contributed by atoms with Crippen LogP contribution in [0.15, 0.2) is 35.9 Å². The fourth-order valence-corrected chi connectivity index (χ4v) is 4.92. The molecule has 2 heterocycles. The number of aryl methyl sites for hydroxylation is 1. The minimum absolute atomic E-state index is 0.170. The van der Waals surface area contributed by atoms with Gasteiger partial charge in [-0.1, -0.05) is 36.8 Å². The number of nitrogens with zero attached hydrogens (tertiary/aromatic N) is 1. The minimum atomic E-state index is 0.170. The zero-order chi connectivity index (χ0) is 16.8. The van der Waals surface area contributed by atoms with Crippen molar-refractivity contribution in [3.63, 3.8) is 0 Å². The summed E-state index contributed by atoms with van der Waals surface area (Å²) in [5.74, 6) is 0.170. The Hall–Kier alpha value is -2.13. The predicted molar refractivity (Wildman–Crippen MR) is 102 cm³/mol. The van der Waals surface area contributed by atoms with E-state index in [1.54, 1.807) is 11.3 Å². The van der Waals surface area contributed by atoms with E-state index in [1.807, 2.05) is 6.07 Å². The predicted octanol–water partition coefficient (Wildman–Crippen LogP) is 5.61. The quantitative estimate of drug-likeness (QED) is 0.568. The molecule has 1 aliphatic rings. The van der Waals surface area contributed by atoms with Crippen molar-refractivity contribution in [2.75, 3.05) is 0 Å². The van der Waals surface area contributed by atoms with Crippen LogP contribution in [0.25, 0.3) is 17.0 Å². The topological polar surface area (TPSA) is 22.0 Å². The van der Waals surface area contributed by atoms with Gasteiger partial charge in [-0.3, -0.25) is 4.79 Å². The maximum atomic E-state index is 13.3. The molecule has 3 aromatic rings. The minimum Gasteiger partial charge on any atom is -0.344 e. The summed E-state index contributed by atoms with van der Waals surface area (Å²) in [6.45, 7) is 7.35. The number of aromatic nitrogens is 1. The van der Waals surface area contributed by atoms with Gasteiger partial charge in [0.1, 0.15) is 0 Å². The monoisotopic (exact) mass is 335 g/mol. The third-order valence-electron chi connectivity index (χ3n) is 4.81. The Morgan fingerprint density at radius 1 is 1.25 bits per heavy atom. The number of carbonyl (C=O) groups is 1. The summed E-state index contributed by atoms with van der Waals surface area (Å²) in [7, 11) is 0. The molecule has 0 amide bonds. The molecular weight excluding hydrogens is 314 g/mol. The lowest BCUT2D eigenvalue weighted by Gasteiger charge is -2.06. The van der Waals surface area contributed by atoms with Crippen molar-refractivity contribution in [3.05, 3.63) is 62.5 Å². The van der Waals surface area contributed by atoms with Crippen LogP contribution in [0.4, 0.5) is 0 Å². The second kappa shape index (κ2) is 5.75. The molecule has 24 heavy (non-hydrogen) atoms. The molecule has 0 spiro atoms. The Labute approximate surface area is 146 Å². The zero-order valence-corrected chi connectivity index (χ0v) is 15.2. The number of rotatable bonds is 4. The van der Waals surface area contributed by atoms with Crippen molar-refractivity contribution in [3.8, 4) is 0 Å². The summed E-state index contributed by atoms with van der Waals surface area (Å²) in [5, 5.41) is 1.08. The van der Waals surface area contributed by atoms with Crippen LogP contribution in [0, 0.1) is 6.92 Å². The van der Waals surface area contributed by atoms with Crippen molar-refractivity contribution >= 4 is 34.1 Å². The molecule has 4 rings (SSSR count). The number of allylic oxidation sites excluding steroid dienone is 1. The Morgan fingerprint density at radius 2 is 2.04 bits per heavy atom. The molecule has 1 aromatic carbocycles. The van der Waals surface area contributed by atoms with Gasteiger partial charge in [-0.15, -0.1) is 11.3 Å². The Balaban J connectivity index is 1.86. The van der Waals surface area contributed by atoms with E-state index in [9.17, 15) is 4.79 Å². The Bertz CT molecular complexity index is 987. The van der Waals surface area contributed by atoms with Gasteiger partial charge in [-0.05, 0) is 38.0 Å². The second-order valence-corrected chi connectivity index (χ2v) is 7.75. The number of fused-ring (bicyclic) bond motifs is 2. The van der Waals surface area contributed by atoms with Gasteiger partial charge >= 0.3 is 0 Å². The van der Waals surface area contributed by atoms with Gasteiger partial charge in [0, 0.05) is 34.4 Å². The smallest absolute Gasteiger partial charge is 0.205 e. The van der Waals surface area contributed by atoms with Crippen LogP contribution in [0.1, 0.15) is 51.6 Å². The third kappa shape index (κ3) is 2.27. The molecular formula is C21H21NOS. The largest absolute Gasteiger partial charge is 0.344 e.